The third kappa shape index (κ3) is 5.39. The number of thioether (sulfide) groups is 2. The van der Waals surface area contributed by atoms with Gasteiger partial charge in [0.25, 0.3) is 11.8 Å². The van der Waals surface area contributed by atoms with Crippen molar-refractivity contribution < 1.29 is 28.9 Å². The molecule has 0 saturated carbocycles. The van der Waals surface area contributed by atoms with Gasteiger partial charge in [0.05, 0.1) is 0 Å². The molecule has 0 unspecified atom stereocenters. The second-order valence-electron chi connectivity index (χ2n) is 7.65. The lowest BCUT2D eigenvalue weighted by Gasteiger charge is -2.49. The summed E-state index contributed by atoms with van der Waals surface area (Å²) in [7, 11) is 3.23. The summed E-state index contributed by atoms with van der Waals surface area (Å²) in [5.41, 5.74) is 6.21. The lowest BCUT2D eigenvalue weighted by atomic mass is 10.0. The van der Waals surface area contributed by atoms with Crippen LogP contribution in [0.25, 0.3) is 0 Å². The zero-order chi connectivity index (χ0) is 25.8. The van der Waals surface area contributed by atoms with Crippen molar-refractivity contribution in [2.45, 2.75) is 16.3 Å². The van der Waals surface area contributed by atoms with Crippen LogP contribution in [0.2, 0.25) is 0 Å². The number of oxime groups is 1. The average Bonchev–Trinajstić information content (AvgIpc) is 3.29. The highest BCUT2D eigenvalue weighted by Crippen LogP contribution is 2.40. The predicted octanol–water partition coefficient (Wildman–Crippen LogP) is 0.987. The molecule has 2 aliphatic rings. The molecule has 4 rings (SSSR count). The maximum Gasteiger partial charge on any atom is 0.352 e. The van der Waals surface area contributed by atoms with Crippen LogP contribution in [-0.2, 0) is 26.3 Å². The van der Waals surface area contributed by atoms with Gasteiger partial charge in [0.1, 0.15) is 37.0 Å². The van der Waals surface area contributed by atoms with Gasteiger partial charge in [0, 0.05) is 33.9 Å². The molecule has 14 heteroatoms. The number of hydrogen-bond acceptors (Lipinski definition) is 10. The molecule has 2 aliphatic heterocycles. The lowest BCUT2D eigenvalue weighted by Crippen LogP contribution is -2.71. The molecule has 2 aromatic rings. The Labute approximate surface area is 219 Å². The second kappa shape index (κ2) is 11.1. The molecule has 188 valence electrons. The minimum atomic E-state index is -1.19. The summed E-state index contributed by atoms with van der Waals surface area (Å²) >= 11 is 4.13. The van der Waals surface area contributed by atoms with Crippen molar-refractivity contribution >= 4 is 63.5 Å². The Morgan fingerprint density at radius 3 is 2.83 bits per heavy atom. The number of nitrogens with two attached hydrogens (primary N) is 1. The number of amides is 2. The van der Waals surface area contributed by atoms with Gasteiger partial charge in [-0.3, -0.25) is 14.5 Å². The lowest BCUT2D eigenvalue weighted by molar-refractivity contribution is -0.671. The molecular formula is C22H23N6O5S3+. The van der Waals surface area contributed by atoms with Crippen molar-refractivity contribution in [3.05, 3.63) is 59.0 Å². The number of hydrogen-bond donors (Lipinski definition) is 3. The molecule has 4 N–H and O–H groups in total. The minimum Gasteiger partial charge on any atom is -0.477 e. The van der Waals surface area contributed by atoms with Crippen molar-refractivity contribution in [1.29, 1.82) is 0 Å². The number of anilines is 1. The molecular weight excluding hydrogens is 524 g/mol. The molecule has 0 bridgehead atoms. The van der Waals surface area contributed by atoms with Gasteiger partial charge in [0.2, 0.25) is 0 Å². The molecule has 0 aliphatic carbocycles. The van der Waals surface area contributed by atoms with Crippen molar-refractivity contribution in [2.24, 2.45) is 12.2 Å². The van der Waals surface area contributed by atoms with Crippen molar-refractivity contribution in [3.63, 3.8) is 0 Å². The van der Waals surface area contributed by atoms with E-state index in [-0.39, 0.29) is 22.2 Å². The number of pyridine rings is 1. The molecule has 0 radical (unpaired) electrons. The highest BCUT2D eigenvalue weighted by atomic mass is 32.2. The first-order valence-electron chi connectivity index (χ1n) is 10.6. The van der Waals surface area contributed by atoms with Gasteiger partial charge in [-0.2, -0.15) is 0 Å². The summed E-state index contributed by atoms with van der Waals surface area (Å²) in [5, 5.41) is 17.4. The predicted molar refractivity (Wildman–Crippen MR) is 137 cm³/mol. The van der Waals surface area contributed by atoms with E-state index in [1.54, 1.807) is 23.2 Å². The number of nitrogens with zero attached hydrogens (tertiary/aromatic N) is 4. The van der Waals surface area contributed by atoms with Crippen LogP contribution < -0.4 is 15.6 Å². The first-order valence-corrected chi connectivity index (χ1v) is 13.5. The number of β-lactam (4-membered cyclic amide) rings is 1. The van der Waals surface area contributed by atoms with Gasteiger partial charge in [0.15, 0.2) is 23.2 Å². The first-order chi connectivity index (χ1) is 17.3. The van der Waals surface area contributed by atoms with Crippen molar-refractivity contribution in [1.82, 2.24) is 15.2 Å². The topological polar surface area (TPSA) is 151 Å². The van der Waals surface area contributed by atoms with Gasteiger partial charge in [-0.15, -0.1) is 34.9 Å². The number of fused-ring (bicyclic) bond motifs is 1. The Morgan fingerprint density at radius 1 is 1.44 bits per heavy atom. The van der Waals surface area contributed by atoms with E-state index >= 15 is 0 Å². The van der Waals surface area contributed by atoms with Crippen LogP contribution in [0.3, 0.4) is 0 Å². The number of carbonyl (C=O) groups excluding carboxylic acids is 2. The number of aromatic nitrogens is 2. The van der Waals surface area contributed by atoms with Crippen LogP contribution in [0.1, 0.15) is 5.69 Å². The largest absolute Gasteiger partial charge is 0.477 e. The minimum absolute atomic E-state index is 0.0692. The fraction of sp³-hybridized carbons (Fsp3) is 0.273. The Kier molecular flexibility index (Phi) is 7.96. The third-order valence-corrected chi connectivity index (χ3v) is 8.20. The molecule has 4 heterocycles. The van der Waals surface area contributed by atoms with E-state index in [4.69, 9.17) is 10.6 Å². The summed E-state index contributed by atoms with van der Waals surface area (Å²) in [6.45, 7) is 0. The van der Waals surface area contributed by atoms with Crippen LogP contribution in [0.4, 0.5) is 5.13 Å². The monoisotopic (exact) mass is 547 g/mol. The van der Waals surface area contributed by atoms with Crippen LogP contribution in [0, 0.1) is 0 Å². The van der Waals surface area contributed by atoms with Crippen LogP contribution in [0.15, 0.2) is 63.4 Å². The molecule has 2 aromatic heterocycles. The van der Waals surface area contributed by atoms with Gasteiger partial charge < -0.3 is 21.0 Å². The number of carbonyl (C=O) groups is 3. The van der Waals surface area contributed by atoms with E-state index < -0.39 is 29.2 Å². The third-order valence-electron chi connectivity index (χ3n) is 5.26. The van der Waals surface area contributed by atoms with E-state index in [0.717, 1.165) is 16.2 Å². The Balaban J connectivity index is 1.44. The van der Waals surface area contributed by atoms with E-state index in [1.807, 2.05) is 42.2 Å². The van der Waals surface area contributed by atoms with Crippen molar-refractivity contribution in [2.75, 3.05) is 24.3 Å². The van der Waals surface area contributed by atoms with Gasteiger partial charge in [-0.05, 0) is 5.57 Å². The molecule has 0 aromatic carbocycles. The highest BCUT2D eigenvalue weighted by Gasteiger charge is 2.54. The first kappa shape index (κ1) is 25.7. The summed E-state index contributed by atoms with van der Waals surface area (Å²) < 4.78 is 1.94. The van der Waals surface area contributed by atoms with Crippen molar-refractivity contribution in [3.8, 4) is 0 Å². The molecule has 2 atom stereocenters. The zero-order valence-electron chi connectivity index (χ0n) is 19.3. The van der Waals surface area contributed by atoms with Gasteiger partial charge in [-0.1, -0.05) is 17.3 Å². The number of nitrogens with one attached hydrogen (secondary N) is 1. The Hall–Kier alpha value is -3.36. The molecule has 2 amide bonds. The second-order valence-corrected chi connectivity index (χ2v) is 10.7. The van der Waals surface area contributed by atoms with Crippen LogP contribution in [-0.4, -0.2) is 68.5 Å². The Morgan fingerprint density at radius 2 is 2.19 bits per heavy atom. The summed E-state index contributed by atoms with van der Waals surface area (Å²) in [6.07, 6.45) is 7.54. The molecule has 1 saturated heterocycles. The van der Waals surface area contributed by atoms with E-state index in [1.165, 1.54) is 23.8 Å². The number of aryl methyl sites for hydroxylation is 1. The maximum atomic E-state index is 12.9. The van der Waals surface area contributed by atoms with Gasteiger partial charge in [-0.25, -0.2) is 14.3 Å². The number of thiazole rings is 1. The highest BCUT2D eigenvalue weighted by molar-refractivity contribution is 8.00. The fourth-order valence-electron chi connectivity index (χ4n) is 3.59. The SMILES string of the molecule is CO/N=C(\C(=O)N[C@@H]1C(=O)N2C(C(=O)O)=C(/C=C/CSc3cc[n+](C)cc3)CS[C@H]12)c1csc(N)n1. The molecule has 36 heavy (non-hydrogen) atoms. The number of carboxylic acid groups (broad SMARTS) is 1. The average molecular weight is 548 g/mol. The normalized spacial score (nSPS) is 19.8. The van der Waals surface area contributed by atoms with Crippen LogP contribution in [0.5, 0.6) is 0 Å². The maximum absolute atomic E-state index is 12.9. The standard InChI is InChI=1S/C22H22N6O5S3/c1-27-7-5-13(6-8-27)34-9-3-4-12-10-35-20-16(19(30)28(20)17(12)21(31)32)25-18(29)15(26-33-2)14-11-36-22(23)24-14/h3-8,11,16,20H,9-10H2,1-2H3,(H3-,23,24,25,29,31,32)/p+1/b4-3+,26-15-/t16-,20-/m1/s1. The molecule has 0 spiro atoms. The fourth-order valence-corrected chi connectivity index (χ4v) is 6.16. The van der Waals surface area contributed by atoms with Crippen LogP contribution >= 0.6 is 34.9 Å². The number of allylic oxidation sites excluding steroid dienone is 1. The Bertz CT molecular complexity index is 1270. The summed E-state index contributed by atoms with van der Waals surface area (Å²) in [6, 6.07) is 3.09. The summed E-state index contributed by atoms with van der Waals surface area (Å²) in [4.78, 5) is 48.9. The van der Waals surface area contributed by atoms with E-state index in [2.05, 4.69) is 15.5 Å². The number of rotatable bonds is 9. The number of carboxylic acids is 1. The van der Waals surface area contributed by atoms with Gasteiger partial charge >= 0.3 is 5.97 Å². The smallest absolute Gasteiger partial charge is 0.352 e. The number of aliphatic carboxylic acids is 1. The molecule has 11 nitrogen and oxygen atoms in total. The number of nitrogen functional groups attached to an aromatic ring is 1. The molecule has 1 fully saturated rings. The van der Waals surface area contributed by atoms with E-state index in [9.17, 15) is 19.5 Å². The zero-order valence-corrected chi connectivity index (χ0v) is 21.7. The quantitative estimate of drug-likeness (QED) is 0.137. The summed E-state index contributed by atoms with van der Waals surface area (Å²) in [5.74, 6) is -1.34. The van der Waals surface area contributed by atoms with E-state index in [0.29, 0.717) is 17.1 Å².